The van der Waals surface area contributed by atoms with Crippen molar-refractivity contribution in [2.75, 3.05) is 11.4 Å². The van der Waals surface area contributed by atoms with E-state index in [4.69, 9.17) is 0 Å². The second-order valence-electron chi connectivity index (χ2n) is 7.13. The van der Waals surface area contributed by atoms with Crippen molar-refractivity contribution in [1.82, 2.24) is 15.2 Å². The molecule has 140 valence electrons. The van der Waals surface area contributed by atoms with Crippen molar-refractivity contribution in [3.05, 3.63) is 41.4 Å². The number of urea groups is 1. The summed E-state index contributed by atoms with van der Waals surface area (Å²) in [6.07, 6.45) is 1.83. The lowest BCUT2D eigenvalue weighted by Gasteiger charge is -2.23. The quantitative estimate of drug-likeness (QED) is 0.804. The van der Waals surface area contributed by atoms with Gasteiger partial charge in [-0.3, -0.25) is 19.4 Å². The Hall–Kier alpha value is -2.74. The largest absolute Gasteiger partial charge is 0.325 e. The fourth-order valence-corrected chi connectivity index (χ4v) is 4.22. The number of rotatable bonds is 5. The lowest BCUT2D eigenvalue weighted by Crippen LogP contribution is -2.47. The maximum atomic E-state index is 13.1. The summed E-state index contributed by atoms with van der Waals surface area (Å²) in [6, 6.07) is 8.61. The molecule has 2 fully saturated rings. The second kappa shape index (κ2) is 6.45. The van der Waals surface area contributed by atoms with Gasteiger partial charge in [-0.1, -0.05) is 18.2 Å². The number of benzene rings is 1. The van der Waals surface area contributed by atoms with Gasteiger partial charge in [-0.2, -0.15) is 0 Å². The van der Waals surface area contributed by atoms with E-state index in [1.165, 1.54) is 16.2 Å². The smallest absolute Gasteiger partial charge is 0.323 e. The highest BCUT2D eigenvalue weighted by atomic mass is 32.1. The van der Waals surface area contributed by atoms with Crippen LogP contribution >= 0.6 is 11.3 Å². The van der Waals surface area contributed by atoms with Crippen LogP contribution in [0.5, 0.6) is 0 Å². The minimum absolute atomic E-state index is 0.154. The first kappa shape index (κ1) is 17.7. The van der Waals surface area contributed by atoms with Gasteiger partial charge in [0.2, 0.25) is 0 Å². The summed E-state index contributed by atoms with van der Waals surface area (Å²) < 4.78 is 0. The SMILES string of the molecule is Cc1csc(N(C(=O)CN2C(=O)NC(C)(C3CC3)C2=O)c2ccccc2)n1. The highest BCUT2D eigenvalue weighted by Crippen LogP contribution is 2.42. The summed E-state index contributed by atoms with van der Waals surface area (Å²) in [7, 11) is 0. The van der Waals surface area contributed by atoms with Gasteiger partial charge in [-0.15, -0.1) is 11.3 Å². The molecule has 2 heterocycles. The Morgan fingerprint density at radius 3 is 2.63 bits per heavy atom. The molecule has 7 nitrogen and oxygen atoms in total. The molecule has 1 N–H and O–H groups in total. The van der Waals surface area contributed by atoms with Gasteiger partial charge < -0.3 is 5.32 Å². The van der Waals surface area contributed by atoms with Gasteiger partial charge >= 0.3 is 6.03 Å². The van der Waals surface area contributed by atoms with Crippen LogP contribution in [-0.4, -0.2) is 39.8 Å². The fourth-order valence-electron chi connectivity index (χ4n) is 3.39. The van der Waals surface area contributed by atoms with Gasteiger partial charge in [0.15, 0.2) is 5.13 Å². The summed E-state index contributed by atoms with van der Waals surface area (Å²) in [5.74, 6) is -0.549. The number of aryl methyl sites for hydroxylation is 1. The Morgan fingerprint density at radius 1 is 1.33 bits per heavy atom. The molecule has 1 aliphatic heterocycles. The molecule has 0 spiro atoms. The molecule has 1 aromatic heterocycles. The zero-order valence-corrected chi connectivity index (χ0v) is 16.0. The number of imide groups is 1. The number of carbonyl (C=O) groups excluding carboxylic acids is 3. The monoisotopic (exact) mass is 384 g/mol. The number of anilines is 2. The van der Waals surface area contributed by atoms with Crippen LogP contribution in [-0.2, 0) is 9.59 Å². The Labute approximate surface area is 161 Å². The first-order valence-electron chi connectivity index (χ1n) is 8.84. The molecule has 8 heteroatoms. The van der Waals surface area contributed by atoms with Gasteiger partial charge in [-0.05, 0) is 44.7 Å². The molecular weight excluding hydrogens is 364 g/mol. The zero-order valence-electron chi connectivity index (χ0n) is 15.1. The standard InChI is InChI=1S/C19H20N4O3S/c1-12-11-27-18(20-12)23(14-6-4-3-5-7-14)15(24)10-22-16(25)19(2,13-8-9-13)21-17(22)26/h3-7,11,13H,8-10H2,1-2H3,(H,21,26). The summed E-state index contributed by atoms with van der Waals surface area (Å²) in [5.41, 5.74) is 0.557. The molecule has 27 heavy (non-hydrogen) atoms. The first-order chi connectivity index (χ1) is 12.9. The number of para-hydroxylation sites is 1. The molecular formula is C19H20N4O3S. The van der Waals surface area contributed by atoms with Crippen LogP contribution in [0.15, 0.2) is 35.7 Å². The maximum Gasteiger partial charge on any atom is 0.325 e. The average Bonchev–Trinajstić information content (AvgIpc) is 3.39. The van der Waals surface area contributed by atoms with E-state index in [-0.39, 0.29) is 24.3 Å². The Bertz CT molecular complexity index is 909. The van der Waals surface area contributed by atoms with Crippen molar-refractivity contribution in [2.24, 2.45) is 5.92 Å². The molecule has 4 rings (SSSR count). The van der Waals surface area contributed by atoms with Crippen molar-refractivity contribution in [3.8, 4) is 0 Å². The summed E-state index contributed by atoms with van der Waals surface area (Å²) in [6.45, 7) is 3.28. The van der Waals surface area contributed by atoms with Crippen LogP contribution in [0.1, 0.15) is 25.5 Å². The van der Waals surface area contributed by atoms with Gasteiger partial charge in [0, 0.05) is 5.38 Å². The molecule has 1 unspecified atom stereocenters. The van der Waals surface area contributed by atoms with E-state index in [9.17, 15) is 14.4 Å². The third kappa shape index (κ3) is 3.10. The third-order valence-electron chi connectivity index (χ3n) is 5.05. The van der Waals surface area contributed by atoms with Gasteiger partial charge in [-0.25, -0.2) is 9.78 Å². The lowest BCUT2D eigenvalue weighted by molar-refractivity contribution is -0.134. The number of hydrogen-bond donors (Lipinski definition) is 1. The fraction of sp³-hybridized carbons (Fsp3) is 0.368. The molecule has 2 aromatic rings. The average molecular weight is 384 g/mol. The van der Waals surface area contributed by atoms with E-state index in [0.29, 0.717) is 10.8 Å². The molecule has 2 aliphatic rings. The predicted octanol–water partition coefficient (Wildman–Crippen LogP) is 2.84. The number of aromatic nitrogens is 1. The summed E-state index contributed by atoms with van der Waals surface area (Å²) >= 11 is 1.34. The number of nitrogens with zero attached hydrogens (tertiary/aromatic N) is 3. The second-order valence-corrected chi connectivity index (χ2v) is 7.97. The minimum atomic E-state index is -0.896. The van der Waals surface area contributed by atoms with Crippen LogP contribution in [0.3, 0.4) is 0 Å². The lowest BCUT2D eigenvalue weighted by atomic mass is 9.96. The van der Waals surface area contributed by atoms with E-state index in [1.807, 2.05) is 30.5 Å². The molecule has 4 amide bonds. The Kier molecular flexibility index (Phi) is 4.22. The number of carbonyl (C=O) groups is 3. The highest BCUT2D eigenvalue weighted by Gasteiger charge is 2.56. The molecule has 1 atom stereocenters. The van der Waals surface area contributed by atoms with E-state index >= 15 is 0 Å². The van der Waals surface area contributed by atoms with Crippen LogP contribution in [0.25, 0.3) is 0 Å². The topological polar surface area (TPSA) is 82.6 Å². The maximum absolute atomic E-state index is 13.1. The van der Waals surface area contributed by atoms with E-state index in [0.717, 1.165) is 23.4 Å². The number of nitrogens with one attached hydrogen (secondary N) is 1. The minimum Gasteiger partial charge on any atom is -0.323 e. The number of hydrogen-bond acceptors (Lipinski definition) is 5. The van der Waals surface area contributed by atoms with Crippen LogP contribution in [0.2, 0.25) is 0 Å². The van der Waals surface area contributed by atoms with Crippen molar-refractivity contribution in [3.63, 3.8) is 0 Å². The van der Waals surface area contributed by atoms with Gasteiger partial charge in [0.05, 0.1) is 11.4 Å². The molecule has 0 radical (unpaired) electrons. The normalized spacial score (nSPS) is 22.1. The zero-order chi connectivity index (χ0) is 19.2. The van der Waals surface area contributed by atoms with Crippen LogP contribution < -0.4 is 10.2 Å². The highest BCUT2D eigenvalue weighted by molar-refractivity contribution is 7.14. The summed E-state index contributed by atoms with van der Waals surface area (Å²) in [4.78, 5) is 45.2. The van der Waals surface area contributed by atoms with E-state index in [2.05, 4.69) is 10.3 Å². The van der Waals surface area contributed by atoms with Crippen LogP contribution in [0.4, 0.5) is 15.6 Å². The van der Waals surface area contributed by atoms with Gasteiger partial charge in [0.1, 0.15) is 12.1 Å². The molecule has 1 saturated carbocycles. The Balaban J connectivity index is 1.61. The van der Waals surface area contributed by atoms with Crippen molar-refractivity contribution >= 4 is 40.0 Å². The molecule has 1 saturated heterocycles. The van der Waals surface area contributed by atoms with Crippen molar-refractivity contribution < 1.29 is 14.4 Å². The third-order valence-corrected chi connectivity index (χ3v) is 5.99. The Morgan fingerprint density at radius 2 is 2.04 bits per heavy atom. The van der Waals surface area contributed by atoms with Crippen LogP contribution in [0, 0.1) is 12.8 Å². The van der Waals surface area contributed by atoms with Crippen molar-refractivity contribution in [2.45, 2.75) is 32.2 Å². The molecule has 1 aliphatic carbocycles. The molecule has 1 aromatic carbocycles. The number of amides is 4. The predicted molar refractivity (Wildman–Crippen MR) is 102 cm³/mol. The van der Waals surface area contributed by atoms with Gasteiger partial charge in [0.25, 0.3) is 11.8 Å². The van der Waals surface area contributed by atoms with E-state index < -0.39 is 11.6 Å². The number of thiazole rings is 1. The van der Waals surface area contributed by atoms with E-state index in [1.54, 1.807) is 19.1 Å². The molecule has 0 bridgehead atoms. The summed E-state index contributed by atoms with van der Waals surface area (Å²) in [5, 5.41) is 5.15. The van der Waals surface area contributed by atoms with Crippen molar-refractivity contribution in [1.29, 1.82) is 0 Å². The first-order valence-corrected chi connectivity index (χ1v) is 9.72.